The fraction of sp³-hybridized carbons (Fsp3) is 0.538. The Hall–Kier alpha value is -1.74. The Morgan fingerprint density at radius 2 is 2.26 bits per heavy atom. The van der Waals surface area contributed by atoms with E-state index in [9.17, 15) is 4.79 Å². The van der Waals surface area contributed by atoms with E-state index in [1.54, 1.807) is 6.92 Å². The van der Waals surface area contributed by atoms with Crippen molar-refractivity contribution in [2.75, 3.05) is 17.7 Å². The number of nitrogen functional groups attached to an aromatic ring is 1. The number of hydrogen-bond acceptors (Lipinski definition) is 6. The topological polar surface area (TPSA) is 88.1 Å². The third kappa shape index (κ3) is 2.82. The molecule has 1 fully saturated rings. The Kier molecular flexibility index (Phi) is 4.27. The number of nitrogens with two attached hydrogens (primary N) is 1. The van der Waals surface area contributed by atoms with E-state index in [1.807, 2.05) is 6.07 Å². The monoisotopic (exact) mass is 279 g/mol. The molecule has 5 nitrogen and oxygen atoms in total. The SMILES string of the molecule is CCOC(=O)c1c(NC2CCCC2)sc(C#N)c1N. The summed E-state index contributed by atoms with van der Waals surface area (Å²) in [6.45, 7) is 2.04. The van der Waals surface area contributed by atoms with Crippen LogP contribution in [0.25, 0.3) is 0 Å². The van der Waals surface area contributed by atoms with E-state index in [0.717, 1.165) is 12.8 Å². The van der Waals surface area contributed by atoms with Crippen molar-refractivity contribution in [3.8, 4) is 6.07 Å². The normalized spacial score (nSPS) is 15.2. The molecule has 1 aliphatic carbocycles. The van der Waals surface area contributed by atoms with Crippen LogP contribution >= 0.6 is 11.3 Å². The minimum absolute atomic E-state index is 0.228. The number of esters is 1. The number of ether oxygens (including phenoxy) is 1. The highest BCUT2D eigenvalue weighted by Crippen LogP contribution is 2.37. The Morgan fingerprint density at radius 3 is 2.84 bits per heavy atom. The van der Waals surface area contributed by atoms with Crippen LogP contribution in [-0.4, -0.2) is 18.6 Å². The maximum atomic E-state index is 11.9. The van der Waals surface area contributed by atoms with Crippen LogP contribution in [0.5, 0.6) is 0 Å². The highest BCUT2D eigenvalue weighted by molar-refractivity contribution is 7.17. The molecule has 0 amide bonds. The lowest BCUT2D eigenvalue weighted by atomic mass is 10.2. The van der Waals surface area contributed by atoms with Gasteiger partial charge in [-0.2, -0.15) is 5.26 Å². The minimum Gasteiger partial charge on any atom is -0.462 e. The first kappa shape index (κ1) is 13.7. The molecular weight excluding hydrogens is 262 g/mol. The summed E-state index contributed by atoms with van der Waals surface area (Å²) in [4.78, 5) is 12.3. The minimum atomic E-state index is -0.460. The average molecular weight is 279 g/mol. The molecule has 1 heterocycles. The molecule has 0 aromatic carbocycles. The van der Waals surface area contributed by atoms with Gasteiger partial charge in [-0.05, 0) is 19.8 Å². The van der Waals surface area contributed by atoms with Gasteiger partial charge < -0.3 is 15.8 Å². The smallest absolute Gasteiger partial charge is 0.343 e. The van der Waals surface area contributed by atoms with Gasteiger partial charge >= 0.3 is 5.97 Å². The van der Waals surface area contributed by atoms with Gasteiger partial charge in [0.25, 0.3) is 0 Å². The molecule has 1 aliphatic rings. The van der Waals surface area contributed by atoms with Crippen molar-refractivity contribution in [1.82, 2.24) is 0 Å². The van der Waals surface area contributed by atoms with Gasteiger partial charge in [-0.25, -0.2) is 4.79 Å². The van der Waals surface area contributed by atoms with Crippen LogP contribution in [0.15, 0.2) is 0 Å². The van der Waals surface area contributed by atoms with Crippen LogP contribution < -0.4 is 11.1 Å². The lowest BCUT2D eigenvalue weighted by Gasteiger charge is -2.13. The van der Waals surface area contributed by atoms with E-state index in [2.05, 4.69) is 5.32 Å². The van der Waals surface area contributed by atoms with Crippen LogP contribution in [0.4, 0.5) is 10.7 Å². The molecule has 6 heteroatoms. The van der Waals surface area contributed by atoms with Gasteiger partial charge in [0.05, 0.1) is 12.3 Å². The van der Waals surface area contributed by atoms with Crippen molar-refractivity contribution in [3.63, 3.8) is 0 Å². The van der Waals surface area contributed by atoms with Crippen molar-refractivity contribution in [1.29, 1.82) is 5.26 Å². The average Bonchev–Trinajstić information content (AvgIpc) is 2.98. The quantitative estimate of drug-likeness (QED) is 0.827. The fourth-order valence-corrected chi connectivity index (χ4v) is 3.27. The lowest BCUT2D eigenvalue weighted by molar-refractivity contribution is 0.0529. The van der Waals surface area contributed by atoms with E-state index in [4.69, 9.17) is 15.7 Å². The second kappa shape index (κ2) is 5.93. The zero-order chi connectivity index (χ0) is 13.8. The molecule has 102 valence electrons. The summed E-state index contributed by atoms with van der Waals surface area (Å²) in [6, 6.07) is 2.38. The molecule has 0 unspecified atom stereocenters. The highest BCUT2D eigenvalue weighted by Gasteiger charge is 2.25. The van der Waals surface area contributed by atoms with Gasteiger partial charge in [-0.3, -0.25) is 0 Å². The van der Waals surface area contributed by atoms with Crippen molar-refractivity contribution in [2.45, 2.75) is 38.6 Å². The molecule has 1 aromatic rings. The fourth-order valence-electron chi connectivity index (χ4n) is 2.29. The number of carbonyl (C=O) groups excluding carboxylic acids is 1. The number of rotatable bonds is 4. The maximum Gasteiger partial charge on any atom is 0.343 e. The lowest BCUT2D eigenvalue weighted by Crippen LogP contribution is -2.17. The number of carbonyl (C=O) groups is 1. The standard InChI is InChI=1S/C13H17N3O2S/c1-2-18-13(17)10-11(15)9(7-14)19-12(10)16-8-5-3-4-6-8/h8,16H,2-6,15H2,1H3. The molecule has 0 spiro atoms. The summed E-state index contributed by atoms with van der Waals surface area (Å²) in [5.74, 6) is -0.460. The number of thiophene rings is 1. The van der Waals surface area contributed by atoms with Crippen LogP contribution in [0.2, 0.25) is 0 Å². The molecule has 0 aliphatic heterocycles. The van der Waals surface area contributed by atoms with E-state index in [-0.39, 0.29) is 5.69 Å². The highest BCUT2D eigenvalue weighted by atomic mass is 32.1. The van der Waals surface area contributed by atoms with E-state index >= 15 is 0 Å². The van der Waals surface area contributed by atoms with E-state index in [0.29, 0.717) is 28.1 Å². The van der Waals surface area contributed by atoms with Crippen molar-refractivity contribution in [2.24, 2.45) is 0 Å². The Bertz CT molecular complexity index is 513. The third-order valence-electron chi connectivity index (χ3n) is 3.22. The summed E-state index contributed by atoms with van der Waals surface area (Å²) in [5.41, 5.74) is 6.41. The molecule has 1 aromatic heterocycles. The van der Waals surface area contributed by atoms with Crippen molar-refractivity contribution in [3.05, 3.63) is 10.4 Å². The summed E-state index contributed by atoms with van der Waals surface area (Å²) in [7, 11) is 0. The van der Waals surface area contributed by atoms with Crippen molar-refractivity contribution < 1.29 is 9.53 Å². The first-order chi connectivity index (χ1) is 9.17. The van der Waals surface area contributed by atoms with Crippen molar-refractivity contribution >= 4 is 28.0 Å². The van der Waals surface area contributed by atoms with E-state index in [1.165, 1.54) is 24.2 Å². The second-order valence-corrected chi connectivity index (χ2v) is 5.53. The molecule has 0 bridgehead atoms. The molecule has 0 saturated heterocycles. The molecule has 1 saturated carbocycles. The predicted molar refractivity (Wildman–Crippen MR) is 75.3 cm³/mol. The van der Waals surface area contributed by atoms with E-state index < -0.39 is 5.97 Å². The first-order valence-electron chi connectivity index (χ1n) is 6.43. The second-order valence-electron chi connectivity index (χ2n) is 4.51. The van der Waals surface area contributed by atoms with Gasteiger partial charge in [0.1, 0.15) is 21.5 Å². The molecule has 2 rings (SSSR count). The Morgan fingerprint density at radius 1 is 1.58 bits per heavy atom. The molecule has 3 N–H and O–H groups in total. The summed E-state index contributed by atoms with van der Waals surface area (Å²) < 4.78 is 5.01. The zero-order valence-corrected chi connectivity index (χ0v) is 11.7. The van der Waals surface area contributed by atoms with Crippen LogP contribution in [0, 0.1) is 11.3 Å². The summed E-state index contributed by atoms with van der Waals surface area (Å²) in [5, 5.41) is 13.0. The van der Waals surface area contributed by atoms with Gasteiger partial charge in [-0.15, -0.1) is 11.3 Å². The van der Waals surface area contributed by atoms with Crippen LogP contribution in [-0.2, 0) is 4.74 Å². The van der Waals surface area contributed by atoms with Gasteiger partial charge in [0.15, 0.2) is 0 Å². The molecule has 19 heavy (non-hydrogen) atoms. The van der Waals surface area contributed by atoms with Crippen LogP contribution in [0.3, 0.4) is 0 Å². The molecular formula is C13H17N3O2S. The maximum absolute atomic E-state index is 11.9. The summed E-state index contributed by atoms with van der Waals surface area (Å²) >= 11 is 1.23. The number of nitriles is 1. The van der Waals surface area contributed by atoms with Gasteiger partial charge in [-0.1, -0.05) is 12.8 Å². The molecule has 0 radical (unpaired) electrons. The number of hydrogen-bond donors (Lipinski definition) is 2. The largest absolute Gasteiger partial charge is 0.462 e. The Balaban J connectivity index is 2.29. The van der Waals surface area contributed by atoms with Gasteiger partial charge in [0, 0.05) is 6.04 Å². The van der Waals surface area contributed by atoms with Crippen LogP contribution in [0.1, 0.15) is 47.8 Å². The number of nitrogens with one attached hydrogen (secondary N) is 1. The molecule has 0 atom stereocenters. The zero-order valence-electron chi connectivity index (χ0n) is 10.9. The van der Waals surface area contributed by atoms with Gasteiger partial charge in [0.2, 0.25) is 0 Å². The number of anilines is 2. The number of nitrogens with zero attached hydrogens (tertiary/aromatic N) is 1. The third-order valence-corrected chi connectivity index (χ3v) is 4.26. The predicted octanol–water partition coefficient (Wildman–Crippen LogP) is 2.73. The Labute approximate surface area is 116 Å². The first-order valence-corrected chi connectivity index (χ1v) is 7.25. The summed E-state index contributed by atoms with van der Waals surface area (Å²) in [6.07, 6.45) is 4.56.